The molecule has 0 aliphatic carbocycles. The number of piperazine rings is 1. The number of hydrogen-bond acceptors (Lipinski definition) is 4. The van der Waals surface area contributed by atoms with Gasteiger partial charge in [0.1, 0.15) is 5.75 Å². The van der Waals surface area contributed by atoms with Crippen LogP contribution in [-0.4, -0.2) is 55.7 Å². The van der Waals surface area contributed by atoms with Gasteiger partial charge in [-0.3, -0.25) is 9.69 Å². The molecule has 5 nitrogen and oxygen atoms in total. The summed E-state index contributed by atoms with van der Waals surface area (Å²) in [5.41, 5.74) is 2.19. The number of halogens is 1. The first-order chi connectivity index (χ1) is 13.9. The van der Waals surface area contributed by atoms with Crippen LogP contribution in [0.1, 0.15) is 19.4 Å². The zero-order valence-corrected chi connectivity index (χ0v) is 18.2. The fourth-order valence-corrected chi connectivity index (χ4v) is 3.80. The third-order valence-corrected chi connectivity index (χ3v) is 5.68. The molecule has 0 bridgehead atoms. The second-order valence-electron chi connectivity index (χ2n) is 7.62. The zero-order valence-electron chi connectivity index (χ0n) is 17.4. The van der Waals surface area contributed by atoms with Gasteiger partial charge in [-0.25, -0.2) is 0 Å². The Morgan fingerprint density at radius 1 is 1.10 bits per heavy atom. The number of carbonyl (C=O) groups excluding carboxylic acids is 1. The summed E-state index contributed by atoms with van der Waals surface area (Å²) in [4.78, 5) is 17.3. The molecule has 1 saturated heterocycles. The molecular formula is C23H30ClN3O2. The van der Waals surface area contributed by atoms with Crippen molar-refractivity contribution < 1.29 is 9.53 Å². The zero-order chi connectivity index (χ0) is 20.8. The quantitative estimate of drug-likeness (QED) is 0.748. The lowest BCUT2D eigenvalue weighted by molar-refractivity contribution is -0.127. The van der Waals surface area contributed by atoms with Gasteiger partial charge in [0.25, 0.3) is 5.91 Å². The minimum Gasteiger partial charge on any atom is -0.481 e. The van der Waals surface area contributed by atoms with Crippen LogP contribution in [0.3, 0.4) is 0 Å². The molecule has 3 rings (SSSR count). The van der Waals surface area contributed by atoms with Crippen molar-refractivity contribution in [3.63, 3.8) is 0 Å². The molecule has 1 heterocycles. The second-order valence-corrected chi connectivity index (χ2v) is 8.06. The third-order valence-electron chi connectivity index (χ3n) is 5.44. The summed E-state index contributed by atoms with van der Waals surface area (Å²) < 4.78 is 5.81. The van der Waals surface area contributed by atoms with Gasteiger partial charge in [0.15, 0.2) is 6.10 Å². The maximum Gasteiger partial charge on any atom is 0.260 e. The molecule has 1 aliphatic heterocycles. The van der Waals surface area contributed by atoms with Crippen LogP contribution in [0.4, 0.5) is 5.69 Å². The van der Waals surface area contributed by atoms with Crippen LogP contribution in [-0.2, 0) is 4.79 Å². The summed E-state index contributed by atoms with van der Waals surface area (Å²) >= 11 is 5.98. The Labute approximate surface area is 178 Å². The van der Waals surface area contributed by atoms with Gasteiger partial charge in [-0.1, -0.05) is 29.8 Å². The summed E-state index contributed by atoms with van der Waals surface area (Å²) in [7, 11) is 0. The Hall–Kier alpha value is -2.24. The number of nitrogens with zero attached hydrogens (tertiary/aromatic N) is 2. The van der Waals surface area contributed by atoms with Gasteiger partial charge in [0, 0.05) is 49.5 Å². The molecule has 0 aromatic heterocycles. The van der Waals surface area contributed by atoms with E-state index in [9.17, 15) is 4.79 Å². The van der Waals surface area contributed by atoms with E-state index in [1.165, 1.54) is 5.69 Å². The van der Waals surface area contributed by atoms with Gasteiger partial charge in [-0.05, 0) is 56.7 Å². The van der Waals surface area contributed by atoms with Crippen molar-refractivity contribution in [1.29, 1.82) is 0 Å². The van der Waals surface area contributed by atoms with Gasteiger partial charge in [-0.2, -0.15) is 0 Å². The predicted octanol–water partition coefficient (Wildman–Crippen LogP) is 3.74. The fourth-order valence-electron chi connectivity index (χ4n) is 3.57. The van der Waals surface area contributed by atoms with Crippen LogP contribution in [0, 0.1) is 6.92 Å². The number of ether oxygens (including phenoxy) is 1. The summed E-state index contributed by atoms with van der Waals surface area (Å²) in [5.74, 6) is 0.580. The smallest absolute Gasteiger partial charge is 0.260 e. The van der Waals surface area contributed by atoms with E-state index in [2.05, 4.69) is 46.3 Å². The van der Waals surface area contributed by atoms with E-state index in [-0.39, 0.29) is 11.9 Å². The van der Waals surface area contributed by atoms with Gasteiger partial charge in [-0.15, -0.1) is 0 Å². The lowest BCUT2D eigenvalue weighted by Crippen LogP contribution is -2.53. The highest BCUT2D eigenvalue weighted by atomic mass is 35.5. The number of benzene rings is 2. The maximum atomic E-state index is 12.5. The first kappa shape index (κ1) is 21.5. The fraction of sp³-hybridized carbons (Fsp3) is 0.435. The Bertz CT molecular complexity index is 807. The van der Waals surface area contributed by atoms with E-state index in [4.69, 9.17) is 16.3 Å². The number of para-hydroxylation sites is 1. The molecule has 2 unspecified atom stereocenters. The summed E-state index contributed by atoms with van der Waals surface area (Å²) in [6.07, 6.45) is -0.558. The summed E-state index contributed by atoms with van der Waals surface area (Å²) in [6, 6.07) is 16.2. The number of anilines is 1. The Kier molecular flexibility index (Phi) is 7.40. The molecule has 1 amide bonds. The monoisotopic (exact) mass is 415 g/mol. The molecule has 1 N–H and O–H groups in total. The molecule has 156 valence electrons. The van der Waals surface area contributed by atoms with E-state index in [1.807, 2.05) is 19.1 Å². The molecule has 1 aliphatic rings. The predicted molar refractivity (Wildman–Crippen MR) is 119 cm³/mol. The van der Waals surface area contributed by atoms with Crippen LogP contribution in [0.15, 0.2) is 48.5 Å². The first-order valence-electron chi connectivity index (χ1n) is 10.2. The average molecular weight is 416 g/mol. The lowest BCUT2D eigenvalue weighted by atomic mass is 10.2. The van der Waals surface area contributed by atoms with Crippen molar-refractivity contribution in [3.05, 3.63) is 59.1 Å². The van der Waals surface area contributed by atoms with Crippen molar-refractivity contribution in [2.75, 3.05) is 37.6 Å². The van der Waals surface area contributed by atoms with Crippen LogP contribution in [0.5, 0.6) is 5.75 Å². The third kappa shape index (κ3) is 5.87. The van der Waals surface area contributed by atoms with Crippen molar-refractivity contribution in [2.45, 2.75) is 32.9 Å². The Morgan fingerprint density at radius 2 is 1.79 bits per heavy atom. The molecule has 0 radical (unpaired) electrons. The normalized spacial score (nSPS) is 16.9. The molecule has 0 saturated carbocycles. The molecular weight excluding hydrogens is 386 g/mol. The maximum absolute atomic E-state index is 12.5. The van der Waals surface area contributed by atoms with Gasteiger partial charge in [0.05, 0.1) is 0 Å². The molecule has 2 aromatic rings. The van der Waals surface area contributed by atoms with Gasteiger partial charge in [0.2, 0.25) is 0 Å². The first-order valence-corrected chi connectivity index (χ1v) is 10.6. The SMILES string of the molecule is Cc1cc(Cl)ccc1OC(C)C(=O)NCC(C)N1CCN(c2ccccc2)CC1. The van der Waals surface area contributed by atoms with Crippen LogP contribution in [0.25, 0.3) is 0 Å². The van der Waals surface area contributed by atoms with Crippen LogP contribution >= 0.6 is 11.6 Å². The van der Waals surface area contributed by atoms with Crippen molar-refractivity contribution in [1.82, 2.24) is 10.2 Å². The molecule has 1 fully saturated rings. The van der Waals surface area contributed by atoms with E-state index < -0.39 is 6.10 Å². The van der Waals surface area contributed by atoms with E-state index in [0.717, 1.165) is 31.7 Å². The summed E-state index contributed by atoms with van der Waals surface area (Å²) in [6.45, 7) is 10.4. The number of hydrogen-bond donors (Lipinski definition) is 1. The van der Waals surface area contributed by atoms with Crippen molar-refractivity contribution >= 4 is 23.2 Å². The molecule has 6 heteroatoms. The Morgan fingerprint density at radius 3 is 2.45 bits per heavy atom. The topological polar surface area (TPSA) is 44.8 Å². The summed E-state index contributed by atoms with van der Waals surface area (Å²) in [5, 5.41) is 3.69. The molecule has 2 atom stereocenters. The molecule has 0 spiro atoms. The van der Waals surface area contributed by atoms with E-state index in [1.54, 1.807) is 19.1 Å². The minimum absolute atomic E-state index is 0.103. The van der Waals surface area contributed by atoms with Crippen LogP contribution in [0.2, 0.25) is 5.02 Å². The second kappa shape index (κ2) is 9.99. The van der Waals surface area contributed by atoms with Gasteiger partial charge >= 0.3 is 0 Å². The number of amides is 1. The number of carbonyl (C=O) groups is 1. The van der Waals surface area contributed by atoms with E-state index >= 15 is 0 Å². The van der Waals surface area contributed by atoms with Crippen molar-refractivity contribution in [3.8, 4) is 5.75 Å². The molecule has 29 heavy (non-hydrogen) atoms. The van der Waals surface area contributed by atoms with Crippen LogP contribution < -0.4 is 15.0 Å². The Balaban J connectivity index is 1.43. The highest BCUT2D eigenvalue weighted by Crippen LogP contribution is 2.23. The number of rotatable bonds is 7. The standard InChI is InChI=1S/C23H30ClN3O2/c1-17-15-20(24)9-10-22(17)29-19(3)23(28)25-16-18(2)26-11-13-27(14-12-26)21-7-5-4-6-8-21/h4-10,15,18-19H,11-14,16H2,1-3H3,(H,25,28). The largest absolute Gasteiger partial charge is 0.481 e. The average Bonchev–Trinajstić information content (AvgIpc) is 2.74. The molecule has 2 aromatic carbocycles. The minimum atomic E-state index is -0.558. The highest BCUT2D eigenvalue weighted by molar-refractivity contribution is 6.30. The lowest BCUT2D eigenvalue weighted by Gasteiger charge is -2.39. The van der Waals surface area contributed by atoms with E-state index in [0.29, 0.717) is 17.3 Å². The van der Waals surface area contributed by atoms with Crippen molar-refractivity contribution in [2.24, 2.45) is 0 Å². The number of nitrogens with one attached hydrogen (secondary N) is 1. The van der Waals surface area contributed by atoms with Gasteiger partial charge < -0.3 is 15.0 Å². The number of aryl methyl sites for hydroxylation is 1. The highest BCUT2D eigenvalue weighted by Gasteiger charge is 2.23.